The molecule has 0 aliphatic heterocycles. The van der Waals surface area contributed by atoms with Crippen LogP contribution in [-0.4, -0.2) is 22.2 Å². The Morgan fingerprint density at radius 1 is 1.33 bits per heavy atom. The Balaban J connectivity index is 2.66. The first kappa shape index (κ1) is 12.4. The molecule has 0 aliphatic carbocycles. The normalized spacial score (nSPS) is 13.8. The number of carboxylic acid groups (broad SMARTS) is 1. The van der Waals surface area contributed by atoms with Gasteiger partial charge in [0.2, 0.25) is 0 Å². The van der Waals surface area contributed by atoms with Crippen LogP contribution in [0.15, 0.2) is 24.4 Å². The summed E-state index contributed by atoms with van der Waals surface area (Å²) in [5, 5.41) is 8.60. The molecule has 1 aromatic carbocycles. The van der Waals surface area contributed by atoms with Crippen molar-refractivity contribution in [2.24, 2.45) is 0 Å². The van der Waals surface area contributed by atoms with Crippen molar-refractivity contribution in [3.05, 3.63) is 35.8 Å². The molecule has 1 aromatic heterocycles. The van der Waals surface area contributed by atoms with Gasteiger partial charge in [0.15, 0.2) is 5.92 Å². The highest BCUT2D eigenvalue weighted by molar-refractivity contribution is 5.90. The van der Waals surface area contributed by atoms with E-state index in [1.165, 1.54) is 12.1 Å². The molecular weight excluding hydrogens is 254 g/mol. The number of hydrogen-bond acceptors (Lipinski definition) is 1. The number of aromatic nitrogens is 1. The maximum atomic E-state index is 13.3. The Bertz CT molecular complexity index is 603. The molecular formula is C11H7F4NO2. The zero-order valence-corrected chi connectivity index (χ0v) is 8.75. The number of rotatable bonds is 2. The number of benzene rings is 1. The van der Waals surface area contributed by atoms with Gasteiger partial charge in [-0.3, -0.25) is 4.79 Å². The number of para-hydroxylation sites is 1. The number of aromatic amines is 1. The van der Waals surface area contributed by atoms with E-state index in [0.717, 1.165) is 12.3 Å². The van der Waals surface area contributed by atoms with E-state index in [-0.39, 0.29) is 10.9 Å². The zero-order chi connectivity index (χ0) is 13.5. The number of halogens is 4. The average Bonchev–Trinajstić information content (AvgIpc) is 2.61. The Hall–Kier alpha value is -2.05. The monoisotopic (exact) mass is 261 g/mol. The summed E-state index contributed by atoms with van der Waals surface area (Å²) < 4.78 is 51.3. The minimum absolute atomic E-state index is 0.0836. The molecule has 0 saturated carbocycles. The minimum atomic E-state index is -4.94. The van der Waals surface area contributed by atoms with Gasteiger partial charge in [-0.2, -0.15) is 13.2 Å². The van der Waals surface area contributed by atoms with Crippen molar-refractivity contribution in [3.8, 4) is 0 Å². The van der Waals surface area contributed by atoms with Gasteiger partial charge in [-0.05, 0) is 6.07 Å². The van der Waals surface area contributed by atoms with Crippen molar-refractivity contribution in [1.29, 1.82) is 0 Å². The van der Waals surface area contributed by atoms with Crippen molar-refractivity contribution in [3.63, 3.8) is 0 Å². The van der Waals surface area contributed by atoms with Crippen LogP contribution in [0.3, 0.4) is 0 Å². The number of alkyl halides is 3. The second-order valence-electron chi connectivity index (χ2n) is 3.72. The number of carbonyl (C=O) groups is 1. The first-order valence-electron chi connectivity index (χ1n) is 4.87. The zero-order valence-electron chi connectivity index (χ0n) is 8.75. The molecule has 3 nitrogen and oxygen atoms in total. The van der Waals surface area contributed by atoms with E-state index in [0.29, 0.717) is 0 Å². The predicted molar refractivity (Wildman–Crippen MR) is 54.7 cm³/mol. The fourth-order valence-corrected chi connectivity index (χ4v) is 1.83. The highest BCUT2D eigenvalue weighted by Gasteiger charge is 2.47. The molecule has 96 valence electrons. The van der Waals surface area contributed by atoms with E-state index in [1.807, 2.05) is 0 Å². The molecule has 7 heteroatoms. The lowest BCUT2D eigenvalue weighted by atomic mass is 9.98. The topological polar surface area (TPSA) is 53.1 Å². The molecule has 0 bridgehead atoms. The Morgan fingerprint density at radius 3 is 2.56 bits per heavy atom. The van der Waals surface area contributed by atoms with Gasteiger partial charge in [-0.25, -0.2) is 4.39 Å². The Morgan fingerprint density at radius 2 is 2.00 bits per heavy atom. The average molecular weight is 261 g/mol. The van der Waals surface area contributed by atoms with Gasteiger partial charge >= 0.3 is 12.1 Å². The van der Waals surface area contributed by atoms with Crippen LogP contribution < -0.4 is 0 Å². The van der Waals surface area contributed by atoms with Gasteiger partial charge in [-0.15, -0.1) is 0 Å². The largest absolute Gasteiger partial charge is 0.481 e. The number of H-pyrrole nitrogens is 1. The van der Waals surface area contributed by atoms with Gasteiger partial charge < -0.3 is 10.1 Å². The summed E-state index contributed by atoms with van der Waals surface area (Å²) in [6.45, 7) is 0. The molecule has 2 N–H and O–H groups in total. The molecule has 1 heterocycles. The lowest BCUT2D eigenvalue weighted by Gasteiger charge is -2.15. The summed E-state index contributed by atoms with van der Waals surface area (Å²) >= 11 is 0. The van der Waals surface area contributed by atoms with Gasteiger partial charge in [0, 0.05) is 17.1 Å². The van der Waals surface area contributed by atoms with Crippen molar-refractivity contribution in [2.45, 2.75) is 12.1 Å². The molecule has 2 rings (SSSR count). The molecule has 0 amide bonds. The second kappa shape index (κ2) is 4.01. The smallest absolute Gasteiger partial charge is 0.406 e. The van der Waals surface area contributed by atoms with Crippen LogP contribution in [0.25, 0.3) is 10.9 Å². The summed E-state index contributed by atoms with van der Waals surface area (Å²) in [7, 11) is 0. The van der Waals surface area contributed by atoms with E-state index < -0.39 is 29.4 Å². The lowest BCUT2D eigenvalue weighted by molar-refractivity contribution is -0.176. The predicted octanol–water partition coefficient (Wildman–Crippen LogP) is 3.04. The number of carboxylic acids is 1. The Kier molecular flexibility index (Phi) is 2.76. The van der Waals surface area contributed by atoms with Crippen molar-refractivity contribution >= 4 is 16.9 Å². The number of hydrogen-bond donors (Lipinski definition) is 2. The molecule has 1 atom stereocenters. The second-order valence-corrected chi connectivity index (χ2v) is 3.72. The van der Waals surface area contributed by atoms with Crippen molar-refractivity contribution < 1.29 is 27.5 Å². The molecule has 0 fully saturated rings. The molecule has 2 aromatic rings. The quantitative estimate of drug-likeness (QED) is 0.816. The maximum Gasteiger partial charge on any atom is 0.406 e. The van der Waals surface area contributed by atoms with E-state index in [2.05, 4.69) is 4.98 Å². The van der Waals surface area contributed by atoms with Crippen LogP contribution in [0, 0.1) is 5.82 Å². The third kappa shape index (κ3) is 1.92. The third-order valence-electron chi connectivity index (χ3n) is 2.58. The Labute approximate surface area is 98.0 Å². The van der Waals surface area contributed by atoms with E-state index in [1.54, 1.807) is 0 Å². The standard InChI is InChI=1S/C11H7F4NO2/c12-7-3-1-2-5-6(4-16-9(5)7)8(10(17)18)11(13,14)15/h1-4,8,16H,(H,17,18). The van der Waals surface area contributed by atoms with Gasteiger partial charge in [0.1, 0.15) is 5.82 Å². The van der Waals surface area contributed by atoms with Gasteiger partial charge in [-0.1, -0.05) is 12.1 Å². The fourth-order valence-electron chi connectivity index (χ4n) is 1.83. The van der Waals surface area contributed by atoms with Crippen LogP contribution in [0.5, 0.6) is 0 Å². The summed E-state index contributed by atoms with van der Waals surface area (Å²) in [6.07, 6.45) is -4.06. The lowest BCUT2D eigenvalue weighted by Crippen LogP contribution is -2.28. The molecule has 0 spiro atoms. The van der Waals surface area contributed by atoms with Crippen LogP contribution in [0.1, 0.15) is 11.5 Å². The SMILES string of the molecule is O=C(O)C(c1c[nH]c2c(F)cccc12)C(F)(F)F. The van der Waals surface area contributed by atoms with E-state index in [9.17, 15) is 22.4 Å². The summed E-state index contributed by atoms with van der Waals surface area (Å²) in [6, 6.07) is 3.54. The van der Waals surface area contributed by atoms with Crippen LogP contribution in [0.2, 0.25) is 0 Å². The van der Waals surface area contributed by atoms with Crippen molar-refractivity contribution in [2.75, 3.05) is 0 Å². The van der Waals surface area contributed by atoms with Gasteiger partial charge in [0.25, 0.3) is 0 Å². The first-order chi connectivity index (χ1) is 8.32. The van der Waals surface area contributed by atoms with Gasteiger partial charge in [0.05, 0.1) is 5.52 Å². The number of fused-ring (bicyclic) bond motifs is 1. The highest BCUT2D eigenvalue weighted by atomic mass is 19.4. The third-order valence-corrected chi connectivity index (χ3v) is 2.58. The van der Waals surface area contributed by atoms with E-state index >= 15 is 0 Å². The minimum Gasteiger partial charge on any atom is -0.481 e. The number of nitrogens with one attached hydrogen (secondary N) is 1. The van der Waals surface area contributed by atoms with Crippen LogP contribution in [-0.2, 0) is 4.79 Å². The first-order valence-corrected chi connectivity index (χ1v) is 4.87. The number of aliphatic carboxylic acids is 1. The fraction of sp³-hybridized carbons (Fsp3) is 0.182. The summed E-state index contributed by atoms with van der Waals surface area (Å²) in [4.78, 5) is 13.1. The maximum absolute atomic E-state index is 13.3. The van der Waals surface area contributed by atoms with Crippen molar-refractivity contribution in [1.82, 2.24) is 4.98 Å². The summed E-state index contributed by atoms with van der Waals surface area (Å²) in [5.74, 6) is -5.43. The summed E-state index contributed by atoms with van der Waals surface area (Å²) in [5.41, 5.74) is -0.632. The molecule has 18 heavy (non-hydrogen) atoms. The van der Waals surface area contributed by atoms with Crippen LogP contribution >= 0.6 is 0 Å². The van der Waals surface area contributed by atoms with E-state index in [4.69, 9.17) is 5.11 Å². The molecule has 0 aliphatic rings. The van der Waals surface area contributed by atoms with Crippen LogP contribution in [0.4, 0.5) is 17.6 Å². The highest BCUT2D eigenvalue weighted by Crippen LogP contribution is 2.38. The molecule has 0 saturated heterocycles. The molecule has 1 unspecified atom stereocenters. The molecule has 0 radical (unpaired) electrons.